The van der Waals surface area contributed by atoms with Gasteiger partial charge in [0.05, 0.1) is 5.56 Å². The van der Waals surface area contributed by atoms with E-state index in [2.05, 4.69) is 29.4 Å². The first-order valence-electron chi connectivity index (χ1n) is 10.6. The topological polar surface area (TPSA) is 84.7 Å². The highest BCUT2D eigenvalue weighted by Crippen LogP contribution is 2.19. The Labute approximate surface area is 189 Å². The number of rotatable bonds is 11. The maximum atomic E-state index is 12.5. The number of amides is 2. The predicted molar refractivity (Wildman–Crippen MR) is 125 cm³/mol. The van der Waals surface area contributed by atoms with Crippen molar-refractivity contribution in [3.05, 3.63) is 101 Å². The lowest BCUT2D eigenvalue weighted by Gasteiger charge is -2.16. The first-order chi connectivity index (χ1) is 15.5. The van der Waals surface area contributed by atoms with Crippen molar-refractivity contribution in [1.82, 2.24) is 10.2 Å². The van der Waals surface area contributed by atoms with Crippen LogP contribution in [0.3, 0.4) is 0 Å². The number of nitrogens with two attached hydrogens (primary N) is 1. The second-order valence-corrected chi connectivity index (χ2v) is 7.68. The molecule has 3 aromatic rings. The van der Waals surface area contributed by atoms with Crippen molar-refractivity contribution < 1.29 is 14.3 Å². The summed E-state index contributed by atoms with van der Waals surface area (Å²) in [5.41, 5.74) is 8.40. The number of nitrogens with one attached hydrogen (secondary N) is 1. The van der Waals surface area contributed by atoms with Crippen molar-refractivity contribution in [2.45, 2.75) is 19.6 Å². The van der Waals surface area contributed by atoms with Crippen molar-refractivity contribution in [2.75, 3.05) is 20.1 Å². The van der Waals surface area contributed by atoms with Gasteiger partial charge in [-0.05, 0) is 55.4 Å². The smallest absolute Gasteiger partial charge is 0.252 e. The number of hydrogen-bond donors (Lipinski definition) is 2. The van der Waals surface area contributed by atoms with Crippen LogP contribution in [0.25, 0.3) is 0 Å². The van der Waals surface area contributed by atoms with Gasteiger partial charge in [-0.25, -0.2) is 0 Å². The van der Waals surface area contributed by atoms with E-state index in [0.717, 1.165) is 25.1 Å². The first kappa shape index (κ1) is 23.0. The molecule has 0 saturated carbocycles. The van der Waals surface area contributed by atoms with Crippen molar-refractivity contribution >= 4 is 11.8 Å². The van der Waals surface area contributed by atoms with E-state index < -0.39 is 5.91 Å². The summed E-state index contributed by atoms with van der Waals surface area (Å²) in [6.07, 6.45) is 0.863. The van der Waals surface area contributed by atoms with E-state index in [1.54, 1.807) is 36.4 Å². The monoisotopic (exact) mass is 431 g/mol. The van der Waals surface area contributed by atoms with Gasteiger partial charge in [-0.1, -0.05) is 54.6 Å². The fourth-order valence-electron chi connectivity index (χ4n) is 3.39. The van der Waals surface area contributed by atoms with Gasteiger partial charge in [0.25, 0.3) is 11.8 Å². The lowest BCUT2D eigenvalue weighted by Crippen LogP contribution is -2.28. The highest BCUT2D eigenvalue weighted by Gasteiger charge is 2.10. The van der Waals surface area contributed by atoms with Gasteiger partial charge in [-0.2, -0.15) is 0 Å². The molecule has 0 saturated heterocycles. The Morgan fingerprint density at radius 1 is 0.938 bits per heavy atom. The van der Waals surface area contributed by atoms with Gasteiger partial charge in [0.2, 0.25) is 0 Å². The molecule has 2 amide bonds. The Bertz CT molecular complexity index is 1040. The summed E-state index contributed by atoms with van der Waals surface area (Å²) in [4.78, 5) is 26.3. The third-order valence-electron chi connectivity index (χ3n) is 5.03. The number of para-hydroxylation sites is 1. The molecule has 166 valence electrons. The minimum Gasteiger partial charge on any atom is -0.488 e. The molecule has 0 unspecified atom stereocenters. The average molecular weight is 432 g/mol. The molecule has 0 aliphatic heterocycles. The molecular formula is C26H29N3O3. The molecule has 0 atom stereocenters. The Hall–Kier alpha value is -3.64. The molecule has 0 heterocycles. The van der Waals surface area contributed by atoms with Crippen LogP contribution in [0, 0.1) is 0 Å². The summed E-state index contributed by atoms with van der Waals surface area (Å²) in [7, 11) is 2.08. The van der Waals surface area contributed by atoms with Gasteiger partial charge in [0, 0.05) is 18.7 Å². The summed E-state index contributed by atoms with van der Waals surface area (Å²) in [5, 5.41) is 2.98. The molecule has 0 spiro atoms. The van der Waals surface area contributed by atoms with Crippen molar-refractivity contribution in [3.8, 4) is 5.75 Å². The van der Waals surface area contributed by atoms with Crippen LogP contribution in [0.15, 0.2) is 78.9 Å². The zero-order valence-electron chi connectivity index (χ0n) is 18.3. The number of hydrogen-bond acceptors (Lipinski definition) is 4. The van der Waals surface area contributed by atoms with Crippen LogP contribution in [0.4, 0.5) is 0 Å². The molecule has 6 nitrogen and oxygen atoms in total. The van der Waals surface area contributed by atoms with Gasteiger partial charge in [-0.3, -0.25) is 9.59 Å². The molecule has 6 heteroatoms. The maximum Gasteiger partial charge on any atom is 0.252 e. The second kappa shape index (κ2) is 11.7. The fraction of sp³-hybridized carbons (Fsp3) is 0.231. The molecule has 0 fully saturated rings. The third-order valence-corrected chi connectivity index (χ3v) is 5.03. The Morgan fingerprint density at radius 2 is 1.66 bits per heavy atom. The number of carbonyl (C=O) groups excluding carboxylic acids is 2. The Morgan fingerprint density at radius 3 is 2.44 bits per heavy atom. The maximum absolute atomic E-state index is 12.5. The number of carbonyl (C=O) groups is 2. The Balaban J connectivity index is 1.45. The molecule has 0 aromatic heterocycles. The molecule has 3 rings (SSSR count). The van der Waals surface area contributed by atoms with Crippen molar-refractivity contribution in [2.24, 2.45) is 5.73 Å². The molecule has 0 aliphatic rings. The molecule has 32 heavy (non-hydrogen) atoms. The van der Waals surface area contributed by atoms with Crippen LogP contribution < -0.4 is 15.8 Å². The summed E-state index contributed by atoms with van der Waals surface area (Å²) >= 11 is 0. The van der Waals surface area contributed by atoms with Crippen LogP contribution in [-0.4, -0.2) is 36.9 Å². The molecular weight excluding hydrogens is 402 g/mol. The summed E-state index contributed by atoms with van der Waals surface area (Å²) in [6.45, 7) is 2.61. The zero-order valence-corrected chi connectivity index (χ0v) is 18.3. The fourth-order valence-corrected chi connectivity index (χ4v) is 3.39. The van der Waals surface area contributed by atoms with Crippen LogP contribution in [-0.2, 0) is 13.2 Å². The van der Waals surface area contributed by atoms with Crippen LogP contribution in [0.5, 0.6) is 5.75 Å². The van der Waals surface area contributed by atoms with Crippen molar-refractivity contribution in [1.29, 1.82) is 0 Å². The zero-order chi connectivity index (χ0) is 22.8. The molecule has 3 N–H and O–H groups in total. The summed E-state index contributed by atoms with van der Waals surface area (Å²) < 4.78 is 5.75. The van der Waals surface area contributed by atoms with Crippen LogP contribution in [0.1, 0.15) is 38.3 Å². The van der Waals surface area contributed by atoms with Gasteiger partial charge in [0.15, 0.2) is 0 Å². The van der Waals surface area contributed by atoms with E-state index in [1.807, 2.05) is 30.3 Å². The number of benzene rings is 3. The highest BCUT2D eigenvalue weighted by molar-refractivity contribution is 5.95. The lowest BCUT2D eigenvalue weighted by atomic mass is 10.1. The van der Waals surface area contributed by atoms with E-state index in [4.69, 9.17) is 10.5 Å². The quantitative estimate of drug-likeness (QED) is 0.454. The van der Waals surface area contributed by atoms with Gasteiger partial charge >= 0.3 is 0 Å². The first-order valence-corrected chi connectivity index (χ1v) is 10.6. The molecule has 0 radical (unpaired) electrons. The minimum atomic E-state index is -0.539. The molecule has 3 aromatic carbocycles. The van der Waals surface area contributed by atoms with E-state index in [-0.39, 0.29) is 12.5 Å². The van der Waals surface area contributed by atoms with Crippen LogP contribution >= 0.6 is 0 Å². The van der Waals surface area contributed by atoms with E-state index in [9.17, 15) is 9.59 Å². The van der Waals surface area contributed by atoms with E-state index in [0.29, 0.717) is 23.4 Å². The average Bonchev–Trinajstić information content (AvgIpc) is 2.81. The van der Waals surface area contributed by atoms with Gasteiger partial charge < -0.3 is 20.7 Å². The summed E-state index contributed by atoms with van der Waals surface area (Å²) in [6, 6.07) is 24.4. The molecule has 0 bridgehead atoms. The Kier molecular flexibility index (Phi) is 8.40. The molecule has 0 aliphatic carbocycles. The normalized spacial score (nSPS) is 10.7. The minimum absolute atomic E-state index is 0.116. The second-order valence-electron chi connectivity index (χ2n) is 7.68. The highest BCUT2D eigenvalue weighted by atomic mass is 16.5. The van der Waals surface area contributed by atoms with E-state index in [1.165, 1.54) is 5.56 Å². The van der Waals surface area contributed by atoms with Gasteiger partial charge in [-0.15, -0.1) is 0 Å². The van der Waals surface area contributed by atoms with Gasteiger partial charge in [0.1, 0.15) is 12.4 Å². The van der Waals surface area contributed by atoms with E-state index >= 15 is 0 Å². The predicted octanol–water partition coefficient (Wildman–Crippen LogP) is 3.62. The number of primary amides is 1. The summed E-state index contributed by atoms with van der Waals surface area (Å²) in [5.74, 6) is -0.229. The number of ether oxygens (including phenoxy) is 1. The van der Waals surface area contributed by atoms with Crippen LogP contribution in [0.2, 0.25) is 0 Å². The number of nitrogens with zero attached hydrogens (tertiary/aromatic N) is 1. The van der Waals surface area contributed by atoms with Crippen molar-refractivity contribution in [3.63, 3.8) is 0 Å². The standard InChI is InChI=1S/C26H29N3O3/c1-29(18-20-9-3-2-4-10-20)16-8-15-28-26(31)22-12-7-11-21(17-22)19-32-24-14-6-5-13-23(24)25(27)30/h2-7,9-14,17H,8,15-16,18-19H2,1H3,(H2,27,30)(H,28,31). The SMILES string of the molecule is CN(CCCNC(=O)c1cccc(COc2ccccc2C(N)=O)c1)Cc1ccccc1. The third kappa shape index (κ3) is 6.96. The lowest BCUT2D eigenvalue weighted by molar-refractivity contribution is 0.0950. The largest absolute Gasteiger partial charge is 0.488 e.